The standard InChI is InChI=1S/C17H19N5.HNO3/c18-17(21-19-13-11-15-7-3-1-4-8-15)22-20-14-12-16-9-5-2-6-10-16;2-1(3)4/h1-10,13-14H,11-12H2,(H3,18,21,22);(H,2,3,4)/b19-13+,20-14+;. The molecule has 0 saturated carbocycles. The van der Waals surface area contributed by atoms with E-state index >= 15 is 0 Å². The van der Waals surface area contributed by atoms with Crippen LogP contribution in [0.3, 0.4) is 0 Å². The molecule has 0 aromatic heterocycles. The van der Waals surface area contributed by atoms with Crippen LogP contribution in [0, 0.1) is 10.1 Å². The van der Waals surface area contributed by atoms with E-state index in [-0.39, 0.29) is 5.96 Å². The second-order valence-electron chi connectivity index (χ2n) is 4.82. The molecule has 0 spiro atoms. The zero-order valence-corrected chi connectivity index (χ0v) is 14.0. The van der Waals surface area contributed by atoms with Gasteiger partial charge in [0, 0.05) is 25.3 Å². The molecular formula is C17H20N6O3. The van der Waals surface area contributed by atoms with Gasteiger partial charge in [-0.3, -0.25) is 0 Å². The molecule has 4 N–H and O–H groups in total. The van der Waals surface area contributed by atoms with Crippen LogP contribution in [-0.4, -0.2) is 28.7 Å². The summed E-state index contributed by atoms with van der Waals surface area (Å²) < 4.78 is 0. The van der Waals surface area contributed by atoms with Crippen molar-refractivity contribution in [3.8, 4) is 0 Å². The van der Waals surface area contributed by atoms with Gasteiger partial charge in [0.05, 0.1) is 0 Å². The number of guanidine groups is 1. The highest BCUT2D eigenvalue weighted by molar-refractivity contribution is 5.79. The van der Waals surface area contributed by atoms with E-state index < -0.39 is 5.09 Å². The molecule has 2 aromatic carbocycles. The van der Waals surface area contributed by atoms with Gasteiger partial charge in [-0.2, -0.15) is 10.2 Å². The Bertz CT molecular complexity index is 729. The number of hydrazone groups is 1. The molecule has 0 fully saturated rings. The number of hydrogen-bond acceptors (Lipinski definition) is 5. The van der Waals surface area contributed by atoms with Gasteiger partial charge in [0.15, 0.2) is 0 Å². The summed E-state index contributed by atoms with van der Waals surface area (Å²) in [5.74, 6) is 0.161. The Labute approximate surface area is 150 Å². The quantitative estimate of drug-likeness (QED) is 0.314. The molecule has 0 aliphatic rings. The zero-order chi connectivity index (χ0) is 19.0. The first-order valence-electron chi connectivity index (χ1n) is 7.61. The smallest absolute Gasteiger partial charge is 0.291 e. The number of hydrogen-bond donors (Lipinski definition) is 3. The fraction of sp³-hybridized carbons (Fsp3) is 0.118. The zero-order valence-electron chi connectivity index (χ0n) is 14.0. The Morgan fingerprint density at radius 1 is 1.04 bits per heavy atom. The molecule has 2 aromatic rings. The van der Waals surface area contributed by atoms with E-state index in [2.05, 4.69) is 20.7 Å². The third-order valence-corrected chi connectivity index (χ3v) is 2.86. The predicted octanol–water partition coefficient (Wildman–Crippen LogP) is 2.00. The van der Waals surface area contributed by atoms with Crippen molar-refractivity contribution in [1.29, 1.82) is 0 Å². The molecule has 0 bridgehead atoms. The predicted molar refractivity (Wildman–Crippen MR) is 101 cm³/mol. The van der Waals surface area contributed by atoms with Crippen LogP contribution in [-0.2, 0) is 12.8 Å². The third-order valence-electron chi connectivity index (χ3n) is 2.86. The largest absolute Gasteiger partial charge is 0.367 e. The average molecular weight is 356 g/mol. The molecule has 26 heavy (non-hydrogen) atoms. The fourth-order valence-electron chi connectivity index (χ4n) is 1.76. The van der Waals surface area contributed by atoms with E-state index in [0.717, 1.165) is 12.8 Å². The maximum absolute atomic E-state index is 8.36. The maximum atomic E-state index is 8.36. The van der Waals surface area contributed by atoms with E-state index in [1.54, 1.807) is 12.4 Å². The Balaban J connectivity index is 0.000000765. The Kier molecular flexibility index (Phi) is 9.87. The summed E-state index contributed by atoms with van der Waals surface area (Å²) in [6.07, 6.45) is 4.90. The van der Waals surface area contributed by atoms with Crippen molar-refractivity contribution >= 4 is 18.4 Å². The number of benzene rings is 2. The maximum Gasteiger partial charge on any atom is 0.291 e. The number of nitrogens with zero attached hydrogens (tertiary/aromatic N) is 4. The summed E-state index contributed by atoms with van der Waals surface area (Å²) in [6.45, 7) is 0. The topological polar surface area (TPSA) is 138 Å². The molecule has 136 valence electrons. The van der Waals surface area contributed by atoms with E-state index in [0.29, 0.717) is 0 Å². The van der Waals surface area contributed by atoms with E-state index in [4.69, 9.17) is 21.1 Å². The molecule has 0 atom stereocenters. The van der Waals surface area contributed by atoms with Gasteiger partial charge < -0.3 is 10.9 Å². The molecule has 0 aliphatic carbocycles. The highest BCUT2D eigenvalue weighted by Crippen LogP contribution is 1.98. The van der Waals surface area contributed by atoms with Gasteiger partial charge >= 0.3 is 0 Å². The molecule has 0 aliphatic heterocycles. The van der Waals surface area contributed by atoms with E-state index in [1.807, 2.05) is 60.7 Å². The lowest BCUT2D eigenvalue weighted by atomic mass is 10.2. The first-order chi connectivity index (χ1) is 12.6. The highest BCUT2D eigenvalue weighted by Gasteiger charge is 1.89. The van der Waals surface area contributed by atoms with Crippen LogP contribution in [0.25, 0.3) is 0 Å². The van der Waals surface area contributed by atoms with Crippen molar-refractivity contribution in [2.75, 3.05) is 0 Å². The lowest BCUT2D eigenvalue weighted by Crippen LogP contribution is -2.26. The number of nitrogens with one attached hydrogen (secondary N) is 1. The Morgan fingerprint density at radius 2 is 1.50 bits per heavy atom. The summed E-state index contributed by atoms with van der Waals surface area (Å²) in [6, 6.07) is 20.1. The number of rotatable bonds is 6. The van der Waals surface area contributed by atoms with Gasteiger partial charge in [0.2, 0.25) is 5.96 Å². The molecule has 9 heteroatoms. The minimum atomic E-state index is -1.50. The normalized spacial score (nSPS) is 11.2. The van der Waals surface area contributed by atoms with Crippen LogP contribution in [0.2, 0.25) is 0 Å². The molecule has 0 radical (unpaired) electrons. The summed E-state index contributed by atoms with van der Waals surface area (Å²) in [7, 11) is 0. The van der Waals surface area contributed by atoms with Crippen molar-refractivity contribution in [3.63, 3.8) is 0 Å². The lowest BCUT2D eigenvalue weighted by Gasteiger charge is -1.97. The van der Waals surface area contributed by atoms with Crippen LogP contribution in [0.5, 0.6) is 0 Å². The first-order valence-corrected chi connectivity index (χ1v) is 7.61. The van der Waals surface area contributed by atoms with Crippen molar-refractivity contribution in [2.24, 2.45) is 21.0 Å². The van der Waals surface area contributed by atoms with Gasteiger partial charge in [0.1, 0.15) is 0 Å². The van der Waals surface area contributed by atoms with Crippen molar-refractivity contribution in [3.05, 3.63) is 81.9 Å². The summed E-state index contributed by atoms with van der Waals surface area (Å²) >= 11 is 0. The first kappa shape index (κ1) is 20.3. The molecule has 0 saturated heterocycles. The molecule has 0 amide bonds. The van der Waals surface area contributed by atoms with Gasteiger partial charge in [-0.05, 0) is 11.1 Å². The molecule has 0 unspecified atom stereocenters. The van der Waals surface area contributed by atoms with Crippen LogP contribution in [0.4, 0.5) is 0 Å². The highest BCUT2D eigenvalue weighted by atomic mass is 16.9. The Morgan fingerprint density at radius 3 is 2.00 bits per heavy atom. The second-order valence-corrected chi connectivity index (χ2v) is 4.82. The van der Waals surface area contributed by atoms with Crippen molar-refractivity contribution in [1.82, 2.24) is 5.43 Å². The molecule has 2 rings (SSSR count). The molecular weight excluding hydrogens is 336 g/mol. The number of nitrogens with two attached hydrogens (primary N) is 1. The van der Waals surface area contributed by atoms with Crippen LogP contribution in [0.1, 0.15) is 11.1 Å². The molecule has 9 nitrogen and oxygen atoms in total. The monoisotopic (exact) mass is 356 g/mol. The minimum Gasteiger partial charge on any atom is -0.367 e. The van der Waals surface area contributed by atoms with Gasteiger partial charge in [-0.1, -0.05) is 60.7 Å². The van der Waals surface area contributed by atoms with Crippen molar-refractivity contribution in [2.45, 2.75) is 12.8 Å². The van der Waals surface area contributed by atoms with Gasteiger partial charge in [0.25, 0.3) is 5.09 Å². The fourth-order valence-corrected chi connectivity index (χ4v) is 1.76. The van der Waals surface area contributed by atoms with Crippen molar-refractivity contribution < 1.29 is 10.3 Å². The van der Waals surface area contributed by atoms with E-state index in [1.165, 1.54) is 11.1 Å². The van der Waals surface area contributed by atoms with Gasteiger partial charge in [-0.15, -0.1) is 15.2 Å². The average Bonchev–Trinajstić information content (AvgIpc) is 2.64. The lowest BCUT2D eigenvalue weighted by molar-refractivity contribution is -0.742. The van der Waals surface area contributed by atoms with Crippen LogP contribution < -0.4 is 11.2 Å². The summed E-state index contributed by atoms with van der Waals surface area (Å²) in [4.78, 5) is 8.36. The third kappa shape index (κ3) is 10.9. The molecule has 0 heterocycles. The minimum absolute atomic E-state index is 0.161. The SMILES string of the molecule is N/C(=N\N=C\Cc1ccccc1)N/N=C/Cc1ccccc1.O=[N+]([O-])O. The Hall–Kier alpha value is -3.75. The second kappa shape index (κ2) is 12.6. The summed E-state index contributed by atoms with van der Waals surface area (Å²) in [5.41, 5.74) is 10.6. The summed E-state index contributed by atoms with van der Waals surface area (Å²) in [5, 5.41) is 25.4. The van der Waals surface area contributed by atoms with E-state index in [9.17, 15) is 0 Å². The van der Waals surface area contributed by atoms with Gasteiger partial charge in [-0.25, -0.2) is 5.43 Å². The van der Waals surface area contributed by atoms with Crippen LogP contribution >= 0.6 is 0 Å². The van der Waals surface area contributed by atoms with Crippen LogP contribution in [0.15, 0.2) is 76.0 Å².